The van der Waals surface area contributed by atoms with Gasteiger partial charge in [0.1, 0.15) is 17.9 Å². The normalized spacial score (nSPS) is 11.7. The van der Waals surface area contributed by atoms with Crippen LogP contribution in [0.3, 0.4) is 0 Å². The highest BCUT2D eigenvalue weighted by Crippen LogP contribution is 2.24. The fraction of sp³-hybridized carbons (Fsp3) is 0.591. The van der Waals surface area contributed by atoms with Gasteiger partial charge in [-0.25, -0.2) is 4.68 Å². The number of nitrogens with zero attached hydrogens (tertiary/aromatic N) is 4. The van der Waals surface area contributed by atoms with E-state index >= 15 is 0 Å². The van der Waals surface area contributed by atoms with E-state index in [0.29, 0.717) is 18.5 Å². The Hall–Kier alpha value is -2.19. The molecule has 0 aliphatic rings. The molecule has 0 radical (unpaired) electrons. The first-order valence-electron chi connectivity index (χ1n) is 11.1. The maximum Gasteiger partial charge on any atom is 0.291 e. The molecule has 3 aromatic rings. The van der Waals surface area contributed by atoms with Crippen molar-refractivity contribution in [1.29, 1.82) is 0 Å². The lowest BCUT2D eigenvalue weighted by atomic mass is 10.2. The van der Waals surface area contributed by atoms with Crippen LogP contribution >= 0.6 is 11.3 Å². The number of carbonyl (C=O) groups is 1. The number of aryl methyl sites for hydroxylation is 1. The van der Waals surface area contributed by atoms with E-state index < -0.39 is 0 Å². The van der Waals surface area contributed by atoms with E-state index in [4.69, 9.17) is 0 Å². The van der Waals surface area contributed by atoms with Crippen molar-refractivity contribution in [2.45, 2.75) is 59.4 Å². The SMILES string of the molecule is CCCCN(CCCC)CCNC(=O)Cn1nc(CC)n2c(cc3sccc32)c1=O. The van der Waals surface area contributed by atoms with Gasteiger partial charge in [-0.2, -0.15) is 5.10 Å². The molecule has 8 heteroatoms. The highest BCUT2D eigenvalue weighted by Gasteiger charge is 2.16. The van der Waals surface area contributed by atoms with Crippen LogP contribution in [0.2, 0.25) is 0 Å². The van der Waals surface area contributed by atoms with Crippen LogP contribution in [0, 0.1) is 0 Å². The number of amides is 1. The summed E-state index contributed by atoms with van der Waals surface area (Å²) >= 11 is 1.60. The number of fused-ring (bicyclic) bond motifs is 3. The van der Waals surface area contributed by atoms with Gasteiger partial charge in [0.15, 0.2) is 0 Å². The van der Waals surface area contributed by atoms with Gasteiger partial charge in [-0.3, -0.25) is 14.0 Å². The number of rotatable bonds is 12. The Bertz CT molecular complexity index is 1030. The van der Waals surface area contributed by atoms with E-state index in [1.165, 1.54) is 30.4 Å². The van der Waals surface area contributed by atoms with Gasteiger partial charge in [0.2, 0.25) is 5.91 Å². The molecule has 164 valence electrons. The summed E-state index contributed by atoms with van der Waals surface area (Å²) < 4.78 is 4.28. The van der Waals surface area contributed by atoms with Gasteiger partial charge in [-0.15, -0.1) is 11.3 Å². The number of hydrogen-bond donors (Lipinski definition) is 1. The van der Waals surface area contributed by atoms with E-state index in [1.54, 1.807) is 11.3 Å². The zero-order valence-electron chi connectivity index (χ0n) is 18.3. The zero-order valence-corrected chi connectivity index (χ0v) is 19.1. The fourth-order valence-corrected chi connectivity index (χ4v) is 4.51. The summed E-state index contributed by atoms with van der Waals surface area (Å²) in [5.74, 6) is 0.617. The lowest BCUT2D eigenvalue weighted by Gasteiger charge is -2.22. The third-order valence-electron chi connectivity index (χ3n) is 5.39. The third-order valence-corrected chi connectivity index (χ3v) is 6.24. The lowest BCUT2D eigenvalue weighted by molar-refractivity contribution is -0.121. The smallest absolute Gasteiger partial charge is 0.291 e. The van der Waals surface area contributed by atoms with Gasteiger partial charge in [0, 0.05) is 19.5 Å². The Balaban J connectivity index is 1.66. The largest absolute Gasteiger partial charge is 0.353 e. The summed E-state index contributed by atoms with van der Waals surface area (Å²) in [6, 6.07) is 3.91. The number of thiophene rings is 1. The number of unbranched alkanes of at least 4 members (excludes halogenated alkanes) is 2. The van der Waals surface area contributed by atoms with Gasteiger partial charge in [-0.05, 0) is 43.4 Å². The number of hydrogen-bond acceptors (Lipinski definition) is 5. The molecular formula is C22H33N5O2S. The summed E-state index contributed by atoms with van der Waals surface area (Å²) in [5.41, 5.74) is 1.37. The summed E-state index contributed by atoms with van der Waals surface area (Å²) in [4.78, 5) is 27.8. The molecule has 0 aliphatic heterocycles. The molecule has 0 atom stereocenters. The Labute approximate surface area is 181 Å². The van der Waals surface area contributed by atoms with Crippen LogP contribution < -0.4 is 10.9 Å². The van der Waals surface area contributed by atoms with E-state index in [1.807, 2.05) is 28.8 Å². The van der Waals surface area contributed by atoms with Crippen molar-refractivity contribution in [3.05, 3.63) is 33.7 Å². The molecule has 7 nitrogen and oxygen atoms in total. The van der Waals surface area contributed by atoms with Crippen molar-refractivity contribution in [1.82, 2.24) is 24.4 Å². The van der Waals surface area contributed by atoms with Gasteiger partial charge in [-0.1, -0.05) is 33.6 Å². The van der Waals surface area contributed by atoms with Gasteiger partial charge in [0.25, 0.3) is 5.56 Å². The van der Waals surface area contributed by atoms with Crippen LogP contribution in [0.5, 0.6) is 0 Å². The molecule has 30 heavy (non-hydrogen) atoms. The molecule has 3 rings (SSSR count). The van der Waals surface area contributed by atoms with Crippen LogP contribution in [0.4, 0.5) is 0 Å². The Morgan fingerprint density at radius 2 is 1.87 bits per heavy atom. The summed E-state index contributed by atoms with van der Waals surface area (Å²) in [7, 11) is 0. The van der Waals surface area contributed by atoms with Gasteiger partial charge >= 0.3 is 0 Å². The van der Waals surface area contributed by atoms with Crippen molar-refractivity contribution in [2.75, 3.05) is 26.2 Å². The minimum atomic E-state index is -0.224. The second-order valence-corrected chi connectivity index (χ2v) is 8.61. The molecule has 3 aromatic heterocycles. The quantitative estimate of drug-likeness (QED) is 0.478. The van der Waals surface area contributed by atoms with Gasteiger partial charge < -0.3 is 10.2 Å². The molecule has 0 aromatic carbocycles. The molecule has 3 heterocycles. The molecule has 0 saturated heterocycles. The maximum atomic E-state index is 12.9. The van der Waals surface area contributed by atoms with Crippen molar-refractivity contribution in [3.8, 4) is 0 Å². The standard InChI is InChI=1S/C22H33N5O2S/c1-4-7-11-25(12-8-5-2)13-10-23-21(28)16-26-22(29)18-15-19-17(9-14-30-19)27(18)20(6-3)24-26/h9,14-15H,4-8,10-13,16H2,1-3H3,(H,23,28). The van der Waals surface area contributed by atoms with Crippen LogP contribution in [0.1, 0.15) is 52.3 Å². The van der Waals surface area contributed by atoms with Crippen LogP contribution in [-0.4, -0.2) is 51.2 Å². The topological polar surface area (TPSA) is 71.6 Å². The average molecular weight is 432 g/mol. The highest BCUT2D eigenvalue weighted by molar-refractivity contribution is 7.17. The number of aromatic nitrogens is 3. The summed E-state index contributed by atoms with van der Waals surface area (Å²) in [6.07, 6.45) is 5.37. The van der Waals surface area contributed by atoms with Crippen molar-refractivity contribution in [3.63, 3.8) is 0 Å². The first-order valence-corrected chi connectivity index (χ1v) is 11.9. The summed E-state index contributed by atoms with van der Waals surface area (Å²) in [5, 5.41) is 9.46. The van der Waals surface area contributed by atoms with Crippen molar-refractivity contribution < 1.29 is 4.79 Å². The Morgan fingerprint density at radius 3 is 2.53 bits per heavy atom. The minimum Gasteiger partial charge on any atom is -0.353 e. The second-order valence-electron chi connectivity index (χ2n) is 7.67. The molecular weight excluding hydrogens is 398 g/mol. The Morgan fingerprint density at radius 1 is 1.13 bits per heavy atom. The second kappa shape index (κ2) is 10.7. The molecule has 0 bridgehead atoms. The monoisotopic (exact) mass is 431 g/mol. The highest BCUT2D eigenvalue weighted by atomic mass is 32.1. The maximum absolute atomic E-state index is 12.9. The van der Waals surface area contributed by atoms with E-state index in [-0.39, 0.29) is 18.0 Å². The number of nitrogens with one attached hydrogen (secondary N) is 1. The van der Waals surface area contributed by atoms with Crippen molar-refractivity contribution in [2.24, 2.45) is 0 Å². The predicted octanol–water partition coefficient (Wildman–Crippen LogP) is 3.29. The zero-order chi connectivity index (χ0) is 21.5. The molecule has 1 amide bonds. The van der Waals surface area contributed by atoms with Crippen LogP contribution in [-0.2, 0) is 17.8 Å². The lowest BCUT2D eigenvalue weighted by Crippen LogP contribution is -2.39. The predicted molar refractivity (Wildman–Crippen MR) is 123 cm³/mol. The molecule has 0 fully saturated rings. The first kappa shape index (κ1) is 22.5. The number of carbonyl (C=O) groups excluding carboxylic acids is 1. The van der Waals surface area contributed by atoms with Crippen LogP contribution in [0.25, 0.3) is 15.7 Å². The molecule has 0 saturated carbocycles. The molecule has 0 spiro atoms. The van der Waals surface area contributed by atoms with E-state index in [0.717, 1.165) is 35.7 Å². The van der Waals surface area contributed by atoms with E-state index in [9.17, 15) is 9.59 Å². The summed E-state index contributed by atoms with van der Waals surface area (Å²) in [6.45, 7) is 9.90. The Kier molecular flexibility index (Phi) is 8.04. The molecule has 1 N–H and O–H groups in total. The minimum absolute atomic E-state index is 0.0505. The molecule has 0 unspecified atom stereocenters. The fourth-order valence-electron chi connectivity index (χ4n) is 3.70. The van der Waals surface area contributed by atoms with Crippen molar-refractivity contribution >= 4 is 33.0 Å². The average Bonchev–Trinajstić information content (AvgIpc) is 3.33. The van der Waals surface area contributed by atoms with E-state index in [2.05, 4.69) is 29.2 Å². The third kappa shape index (κ3) is 5.10. The van der Waals surface area contributed by atoms with Gasteiger partial charge in [0.05, 0.1) is 10.2 Å². The van der Waals surface area contributed by atoms with Crippen LogP contribution in [0.15, 0.2) is 22.3 Å². The first-order chi connectivity index (χ1) is 14.6. The molecule has 0 aliphatic carbocycles.